The van der Waals surface area contributed by atoms with Crippen LogP contribution >= 0.6 is 0 Å². The van der Waals surface area contributed by atoms with E-state index >= 15 is 0 Å². The number of likely N-dealkylation sites (tertiary alicyclic amines) is 2. The summed E-state index contributed by atoms with van der Waals surface area (Å²) in [5.74, 6) is -1.65. The predicted molar refractivity (Wildman–Crippen MR) is 125 cm³/mol. The van der Waals surface area contributed by atoms with Gasteiger partial charge in [-0.3, -0.25) is 19.2 Å². The van der Waals surface area contributed by atoms with E-state index in [0.29, 0.717) is 24.3 Å². The Bertz CT molecular complexity index is 1130. The molecule has 1 radical (unpaired) electrons. The maximum Gasteiger partial charge on any atom is 0.254 e. The van der Waals surface area contributed by atoms with Gasteiger partial charge in [-0.05, 0) is 43.0 Å². The number of fused-ring (bicyclic) bond motifs is 1. The minimum Gasteiger partial charge on any atom is -0.367 e. The third kappa shape index (κ3) is 3.90. The molecule has 5 rings (SSSR count). The van der Waals surface area contributed by atoms with Crippen molar-refractivity contribution in [2.45, 2.75) is 56.5 Å². The van der Waals surface area contributed by atoms with E-state index in [1.807, 2.05) is 0 Å². The first kappa shape index (κ1) is 23.2. The van der Waals surface area contributed by atoms with Crippen molar-refractivity contribution in [3.05, 3.63) is 48.9 Å². The van der Waals surface area contributed by atoms with Gasteiger partial charge in [0.25, 0.3) is 11.8 Å². The van der Waals surface area contributed by atoms with Gasteiger partial charge in [0.15, 0.2) is 5.78 Å². The molecule has 3 aliphatic rings. The summed E-state index contributed by atoms with van der Waals surface area (Å²) in [6.07, 6.45) is 11.2. The van der Waals surface area contributed by atoms with E-state index in [9.17, 15) is 19.2 Å². The highest BCUT2D eigenvalue weighted by atomic mass is 16.2. The predicted octanol–water partition coefficient (Wildman–Crippen LogP) is 1.29. The lowest BCUT2D eigenvalue weighted by Crippen LogP contribution is -2.64. The van der Waals surface area contributed by atoms with E-state index in [4.69, 9.17) is 5.73 Å². The highest BCUT2D eigenvalue weighted by molar-refractivity contribution is 6.18. The van der Waals surface area contributed by atoms with Crippen LogP contribution in [0.15, 0.2) is 36.9 Å². The van der Waals surface area contributed by atoms with Crippen LogP contribution in [0, 0.1) is 12.3 Å². The molecule has 10 nitrogen and oxygen atoms in total. The fourth-order valence-electron chi connectivity index (χ4n) is 5.92. The molecule has 2 aliphatic heterocycles. The number of nitrogens with zero attached hydrogens (tertiary/aromatic N) is 5. The second-order valence-electron chi connectivity index (χ2n) is 9.61. The number of primary amides is 1. The van der Waals surface area contributed by atoms with Crippen LogP contribution < -0.4 is 5.73 Å². The van der Waals surface area contributed by atoms with Crippen LogP contribution in [-0.2, 0) is 14.4 Å². The van der Waals surface area contributed by atoms with Gasteiger partial charge in [0.1, 0.15) is 12.7 Å². The van der Waals surface area contributed by atoms with E-state index in [0.717, 1.165) is 18.5 Å². The Labute approximate surface area is 203 Å². The zero-order chi connectivity index (χ0) is 24.6. The van der Waals surface area contributed by atoms with Crippen molar-refractivity contribution in [3.63, 3.8) is 0 Å². The van der Waals surface area contributed by atoms with E-state index < -0.39 is 23.3 Å². The number of carbonyl (C=O) groups is 4. The largest absolute Gasteiger partial charge is 0.367 e. The summed E-state index contributed by atoms with van der Waals surface area (Å²) in [6.45, 7) is -0.0575. The van der Waals surface area contributed by atoms with Gasteiger partial charge < -0.3 is 15.5 Å². The van der Waals surface area contributed by atoms with Crippen LogP contribution in [0.4, 0.5) is 0 Å². The number of amides is 3. The van der Waals surface area contributed by atoms with Crippen LogP contribution in [0.5, 0.6) is 0 Å². The second-order valence-corrected chi connectivity index (χ2v) is 9.61. The van der Waals surface area contributed by atoms with Gasteiger partial charge in [-0.2, -0.15) is 5.10 Å². The number of ketones is 1. The second kappa shape index (κ2) is 9.24. The molecule has 1 aromatic carbocycles. The molecule has 2 atom stereocenters. The van der Waals surface area contributed by atoms with Crippen molar-refractivity contribution in [2.75, 3.05) is 13.1 Å². The summed E-state index contributed by atoms with van der Waals surface area (Å²) in [7, 11) is 0. The summed E-state index contributed by atoms with van der Waals surface area (Å²) in [4.78, 5) is 59.2. The highest BCUT2D eigenvalue weighted by Gasteiger charge is 2.67. The standard InChI is InChI=1S/C25H29N6O4/c26-24(35)25-20(12-13-30(25)22(33)11-6-17-4-2-1-3-5-17)29(14-21(25)32)23(34)18-7-9-19(10-8-18)31-16-27-15-28-31/h7-11,15-17,20H,1-6,12-14H2,(H2,26,35). The first-order valence-electron chi connectivity index (χ1n) is 12.2. The van der Waals surface area contributed by atoms with E-state index in [1.165, 1.54) is 35.4 Å². The minimum absolute atomic E-state index is 0.203. The number of hydrogen-bond donors (Lipinski definition) is 1. The lowest BCUT2D eigenvalue weighted by atomic mass is 9.85. The number of nitrogens with two attached hydrogens (primary N) is 1. The van der Waals surface area contributed by atoms with Crippen molar-refractivity contribution >= 4 is 23.5 Å². The van der Waals surface area contributed by atoms with E-state index in [1.54, 1.807) is 41.7 Å². The molecule has 35 heavy (non-hydrogen) atoms. The van der Waals surface area contributed by atoms with Gasteiger partial charge in [0.2, 0.25) is 11.4 Å². The number of benzene rings is 1. The van der Waals surface area contributed by atoms with Crippen LogP contribution in [0.25, 0.3) is 5.69 Å². The van der Waals surface area contributed by atoms with Crippen LogP contribution in [0.3, 0.4) is 0 Å². The Balaban J connectivity index is 1.34. The molecule has 0 bridgehead atoms. The molecule has 2 saturated heterocycles. The molecule has 3 heterocycles. The monoisotopic (exact) mass is 477 g/mol. The number of hydrogen-bond acceptors (Lipinski definition) is 6. The van der Waals surface area contributed by atoms with Crippen molar-refractivity contribution in [3.8, 4) is 5.69 Å². The third-order valence-electron chi connectivity index (χ3n) is 7.70. The fraction of sp³-hybridized carbons (Fsp3) is 0.480. The SMILES string of the molecule is NC(=O)C12C(=O)CN(C(=O)c3ccc(-n4cncn4)cc3)C1CCN2C(=O)[CH]CC1CCCCC1. The lowest BCUT2D eigenvalue weighted by molar-refractivity contribution is -0.148. The summed E-state index contributed by atoms with van der Waals surface area (Å²) < 4.78 is 1.57. The summed E-state index contributed by atoms with van der Waals surface area (Å²) in [5, 5.41) is 4.06. The first-order chi connectivity index (χ1) is 16.9. The summed E-state index contributed by atoms with van der Waals surface area (Å²) in [6, 6.07) is 5.97. The molecule has 2 unspecified atom stereocenters. The molecular weight excluding hydrogens is 448 g/mol. The van der Waals surface area contributed by atoms with Crippen molar-refractivity contribution in [1.82, 2.24) is 24.6 Å². The summed E-state index contributed by atoms with van der Waals surface area (Å²) >= 11 is 0. The quantitative estimate of drug-likeness (QED) is 0.624. The first-order valence-corrected chi connectivity index (χ1v) is 12.2. The molecule has 2 N–H and O–H groups in total. The molecule has 10 heteroatoms. The maximum absolute atomic E-state index is 13.4. The molecule has 3 amide bonds. The van der Waals surface area contributed by atoms with E-state index in [2.05, 4.69) is 10.1 Å². The zero-order valence-corrected chi connectivity index (χ0v) is 19.5. The van der Waals surface area contributed by atoms with Crippen molar-refractivity contribution < 1.29 is 19.2 Å². The Morgan fingerprint density at radius 3 is 2.49 bits per heavy atom. The topological polar surface area (TPSA) is 131 Å². The highest BCUT2D eigenvalue weighted by Crippen LogP contribution is 2.41. The number of aromatic nitrogens is 3. The van der Waals surface area contributed by atoms with Crippen molar-refractivity contribution in [1.29, 1.82) is 0 Å². The van der Waals surface area contributed by atoms with E-state index in [-0.39, 0.29) is 24.9 Å². The molecule has 183 valence electrons. The van der Waals surface area contributed by atoms with Gasteiger partial charge in [-0.1, -0.05) is 32.1 Å². The van der Waals surface area contributed by atoms with Gasteiger partial charge >= 0.3 is 0 Å². The lowest BCUT2D eigenvalue weighted by Gasteiger charge is -2.35. The maximum atomic E-state index is 13.4. The molecule has 1 aliphatic carbocycles. The molecule has 1 saturated carbocycles. The van der Waals surface area contributed by atoms with Gasteiger partial charge in [-0.25, -0.2) is 9.67 Å². The average Bonchev–Trinajstić information content (AvgIpc) is 3.60. The van der Waals surface area contributed by atoms with Gasteiger partial charge in [0.05, 0.1) is 24.7 Å². The molecule has 1 aromatic heterocycles. The average molecular weight is 478 g/mol. The molecule has 3 fully saturated rings. The Morgan fingerprint density at radius 2 is 1.83 bits per heavy atom. The van der Waals surface area contributed by atoms with Gasteiger partial charge in [0, 0.05) is 12.1 Å². The fourth-order valence-corrected chi connectivity index (χ4v) is 5.92. The van der Waals surface area contributed by atoms with Gasteiger partial charge in [-0.15, -0.1) is 0 Å². The Hall–Kier alpha value is -3.56. The van der Waals surface area contributed by atoms with Crippen LogP contribution in [0.2, 0.25) is 0 Å². The molecular formula is C25H29N6O4. The number of carbonyl (C=O) groups excluding carboxylic acids is 4. The molecule has 2 aromatic rings. The Morgan fingerprint density at radius 1 is 1.09 bits per heavy atom. The smallest absolute Gasteiger partial charge is 0.254 e. The number of Topliss-reactive ketones (excluding diaryl/α,β-unsaturated/α-hetero) is 1. The third-order valence-corrected chi connectivity index (χ3v) is 7.70. The normalized spacial score (nSPS) is 24.6. The van der Waals surface area contributed by atoms with Crippen LogP contribution in [-0.4, -0.2) is 72.7 Å². The van der Waals surface area contributed by atoms with Crippen LogP contribution in [0.1, 0.15) is 55.3 Å². The number of rotatable bonds is 6. The summed E-state index contributed by atoms with van der Waals surface area (Å²) in [5.41, 5.74) is 5.08. The molecule has 0 spiro atoms. The zero-order valence-electron chi connectivity index (χ0n) is 19.5. The Kier molecular flexibility index (Phi) is 6.12. The van der Waals surface area contributed by atoms with Crippen molar-refractivity contribution in [2.24, 2.45) is 11.7 Å². The minimum atomic E-state index is -1.81.